The number of primary amides is 1. The fraction of sp³-hybridized carbons (Fsp3) is 0.636. The van der Waals surface area contributed by atoms with E-state index in [4.69, 9.17) is 5.73 Å². The van der Waals surface area contributed by atoms with Gasteiger partial charge in [0, 0.05) is 0 Å². The molecule has 1 aliphatic rings. The van der Waals surface area contributed by atoms with Gasteiger partial charge in [0.1, 0.15) is 0 Å². The monoisotopic (exact) mass is 209 g/mol. The van der Waals surface area contributed by atoms with Crippen LogP contribution >= 0.6 is 0 Å². The molecule has 15 heavy (non-hydrogen) atoms. The molecule has 0 saturated heterocycles. The Hall–Kier alpha value is -1.32. The summed E-state index contributed by atoms with van der Waals surface area (Å²) in [4.78, 5) is 10.5. The number of hydrogen-bond donors (Lipinski definition) is 2. The van der Waals surface area contributed by atoms with Crippen LogP contribution in [0.25, 0.3) is 0 Å². The second-order valence-corrected chi connectivity index (χ2v) is 4.67. The molecule has 4 heteroatoms. The maximum Gasteiger partial charge on any atom is 0.332 e. The summed E-state index contributed by atoms with van der Waals surface area (Å²) in [6.45, 7) is 6.51. The number of nitrogens with one attached hydrogen (secondary N) is 1. The summed E-state index contributed by atoms with van der Waals surface area (Å²) >= 11 is 0. The largest absolute Gasteiger partial charge is 0.350 e. The van der Waals surface area contributed by atoms with Crippen LogP contribution < -0.4 is 11.2 Å². The third-order valence-corrected chi connectivity index (χ3v) is 2.91. The van der Waals surface area contributed by atoms with Crippen LogP contribution in [0, 0.1) is 5.41 Å². The van der Waals surface area contributed by atoms with Gasteiger partial charge in [0.15, 0.2) is 0 Å². The Labute approximate surface area is 90.6 Å². The molecule has 1 aliphatic carbocycles. The van der Waals surface area contributed by atoms with Crippen LogP contribution in [0.2, 0.25) is 0 Å². The summed E-state index contributed by atoms with van der Waals surface area (Å²) in [7, 11) is 0. The van der Waals surface area contributed by atoms with Gasteiger partial charge in [0.2, 0.25) is 0 Å². The number of nitrogens with two attached hydrogens (primary N) is 1. The van der Waals surface area contributed by atoms with E-state index in [9.17, 15) is 4.79 Å². The van der Waals surface area contributed by atoms with Gasteiger partial charge in [0.25, 0.3) is 0 Å². The van der Waals surface area contributed by atoms with Crippen molar-refractivity contribution in [2.24, 2.45) is 16.3 Å². The van der Waals surface area contributed by atoms with E-state index in [1.807, 2.05) is 0 Å². The molecule has 0 atom stereocenters. The minimum atomic E-state index is -0.627. The lowest BCUT2D eigenvalue weighted by Gasteiger charge is -2.32. The van der Waals surface area contributed by atoms with Crippen LogP contribution in [-0.2, 0) is 0 Å². The van der Waals surface area contributed by atoms with Crippen molar-refractivity contribution in [3.8, 4) is 0 Å². The molecule has 0 aromatic carbocycles. The van der Waals surface area contributed by atoms with E-state index in [0.717, 1.165) is 12.8 Å². The Balaban J connectivity index is 2.80. The normalized spacial score (nSPS) is 20.7. The third-order valence-electron chi connectivity index (χ3n) is 2.91. The van der Waals surface area contributed by atoms with Crippen LogP contribution in [0.4, 0.5) is 4.79 Å². The van der Waals surface area contributed by atoms with Crippen LogP contribution in [0.15, 0.2) is 16.2 Å². The minimum Gasteiger partial charge on any atom is -0.350 e. The van der Waals surface area contributed by atoms with Crippen LogP contribution in [0.5, 0.6) is 0 Å². The van der Waals surface area contributed by atoms with Gasteiger partial charge in [-0.05, 0) is 37.2 Å². The topological polar surface area (TPSA) is 67.5 Å². The lowest BCUT2D eigenvalue weighted by atomic mass is 9.73. The zero-order valence-corrected chi connectivity index (χ0v) is 9.63. The average Bonchev–Trinajstić information content (AvgIpc) is 2.09. The molecule has 4 nitrogen and oxygen atoms in total. The third kappa shape index (κ3) is 3.08. The van der Waals surface area contributed by atoms with Gasteiger partial charge in [0.05, 0.1) is 6.21 Å². The molecule has 0 spiro atoms. The highest BCUT2D eigenvalue weighted by atomic mass is 16.2. The maximum absolute atomic E-state index is 10.5. The van der Waals surface area contributed by atoms with Gasteiger partial charge < -0.3 is 5.73 Å². The number of hydrogen-bond acceptors (Lipinski definition) is 2. The van der Waals surface area contributed by atoms with E-state index >= 15 is 0 Å². The Morgan fingerprint density at radius 3 is 2.80 bits per heavy atom. The number of nitrogens with zero attached hydrogens (tertiary/aromatic N) is 1. The SMILES string of the molecule is CC1=C(/C=N\NC(N)=O)C(C)(C)CCC1. The molecule has 0 fully saturated rings. The molecule has 0 saturated carbocycles. The van der Waals surface area contributed by atoms with Crippen molar-refractivity contribution in [3.05, 3.63) is 11.1 Å². The van der Waals surface area contributed by atoms with Crippen molar-refractivity contribution in [2.75, 3.05) is 0 Å². The number of allylic oxidation sites excluding steroid dienone is 2. The predicted molar refractivity (Wildman–Crippen MR) is 61.5 cm³/mol. The molecule has 0 radical (unpaired) electrons. The Kier molecular flexibility index (Phi) is 3.50. The van der Waals surface area contributed by atoms with Gasteiger partial charge in [-0.15, -0.1) is 0 Å². The van der Waals surface area contributed by atoms with Gasteiger partial charge in [-0.1, -0.05) is 19.4 Å². The lowest BCUT2D eigenvalue weighted by molar-refractivity contribution is 0.249. The highest BCUT2D eigenvalue weighted by Gasteiger charge is 2.27. The van der Waals surface area contributed by atoms with Crippen LogP contribution in [0.3, 0.4) is 0 Å². The van der Waals surface area contributed by atoms with Gasteiger partial charge in [-0.3, -0.25) is 0 Å². The molecule has 84 valence electrons. The van der Waals surface area contributed by atoms with Crippen molar-refractivity contribution in [1.29, 1.82) is 0 Å². The molecule has 0 unspecified atom stereocenters. The molecular weight excluding hydrogens is 190 g/mol. The summed E-state index contributed by atoms with van der Waals surface area (Å²) in [6, 6.07) is -0.627. The van der Waals surface area contributed by atoms with E-state index in [0.29, 0.717) is 0 Å². The second-order valence-electron chi connectivity index (χ2n) is 4.67. The fourth-order valence-corrected chi connectivity index (χ4v) is 2.09. The predicted octanol–water partition coefficient (Wildman–Crippen LogP) is 2.17. The van der Waals surface area contributed by atoms with Crippen molar-refractivity contribution in [3.63, 3.8) is 0 Å². The number of rotatable bonds is 2. The molecule has 3 N–H and O–H groups in total. The summed E-state index contributed by atoms with van der Waals surface area (Å²) in [6.07, 6.45) is 5.21. The van der Waals surface area contributed by atoms with Crippen LogP contribution in [0.1, 0.15) is 40.0 Å². The van der Waals surface area contributed by atoms with Gasteiger partial charge >= 0.3 is 6.03 Å². The lowest BCUT2D eigenvalue weighted by Crippen LogP contribution is -2.26. The van der Waals surface area contributed by atoms with Crippen molar-refractivity contribution < 1.29 is 4.79 Å². The molecule has 0 heterocycles. The van der Waals surface area contributed by atoms with E-state index < -0.39 is 6.03 Å². The fourth-order valence-electron chi connectivity index (χ4n) is 2.09. The first-order valence-electron chi connectivity index (χ1n) is 5.22. The molecule has 1 rings (SSSR count). The second kappa shape index (κ2) is 4.47. The van der Waals surface area contributed by atoms with E-state index in [1.165, 1.54) is 17.6 Å². The maximum atomic E-state index is 10.5. The van der Waals surface area contributed by atoms with Crippen molar-refractivity contribution in [1.82, 2.24) is 5.43 Å². The van der Waals surface area contributed by atoms with Crippen molar-refractivity contribution in [2.45, 2.75) is 40.0 Å². The zero-order valence-electron chi connectivity index (χ0n) is 9.63. The first-order valence-corrected chi connectivity index (χ1v) is 5.22. The summed E-state index contributed by atoms with van der Waals surface area (Å²) < 4.78 is 0. The molecule has 0 aromatic heterocycles. The minimum absolute atomic E-state index is 0.144. The van der Waals surface area contributed by atoms with E-state index in [1.54, 1.807) is 6.21 Å². The van der Waals surface area contributed by atoms with Gasteiger partial charge in [-0.2, -0.15) is 5.10 Å². The van der Waals surface area contributed by atoms with E-state index in [2.05, 4.69) is 31.3 Å². The number of carbonyl (C=O) groups excluding carboxylic acids is 1. The smallest absolute Gasteiger partial charge is 0.332 e. The first kappa shape index (κ1) is 11.8. The molecule has 2 amide bonds. The Morgan fingerprint density at radius 1 is 1.60 bits per heavy atom. The number of amides is 2. The molecule has 0 bridgehead atoms. The quantitative estimate of drug-likeness (QED) is 0.531. The highest BCUT2D eigenvalue weighted by molar-refractivity contribution is 5.83. The standard InChI is InChI=1S/C11H19N3O/c1-8-5-4-6-11(2,3)9(8)7-13-14-10(12)15/h7H,4-6H2,1-3H3,(H3,12,14,15)/b13-7-. The number of urea groups is 1. The van der Waals surface area contributed by atoms with Gasteiger partial charge in [-0.25, -0.2) is 10.2 Å². The van der Waals surface area contributed by atoms with E-state index in [-0.39, 0.29) is 5.41 Å². The Bertz CT molecular complexity index is 316. The zero-order chi connectivity index (χ0) is 11.5. The van der Waals surface area contributed by atoms with Crippen molar-refractivity contribution >= 4 is 12.2 Å². The summed E-state index contributed by atoms with van der Waals surface area (Å²) in [5, 5.41) is 3.83. The number of hydrazone groups is 1. The van der Waals surface area contributed by atoms with Crippen LogP contribution in [-0.4, -0.2) is 12.2 Å². The average molecular weight is 209 g/mol. The molecular formula is C11H19N3O. The Morgan fingerprint density at radius 2 is 2.27 bits per heavy atom. The number of carbonyl (C=O) groups is 1. The molecule has 0 aromatic rings. The summed E-state index contributed by atoms with van der Waals surface area (Å²) in [5.41, 5.74) is 9.86. The summed E-state index contributed by atoms with van der Waals surface area (Å²) in [5.74, 6) is 0. The highest BCUT2D eigenvalue weighted by Crippen LogP contribution is 2.38. The molecule has 0 aliphatic heterocycles. The first-order chi connectivity index (χ1) is 6.93.